The molecule has 1 aliphatic heterocycles. The lowest BCUT2D eigenvalue weighted by molar-refractivity contribution is 0.0526. The highest BCUT2D eigenvalue weighted by atomic mass is 16.5. The smallest absolute Gasteiger partial charge is 0.338 e. The highest BCUT2D eigenvalue weighted by Gasteiger charge is 2.09. The Hall–Kier alpha value is -2.61. The van der Waals surface area contributed by atoms with Crippen molar-refractivity contribution in [1.29, 1.82) is 0 Å². The van der Waals surface area contributed by atoms with E-state index in [-0.39, 0.29) is 5.97 Å². The summed E-state index contributed by atoms with van der Waals surface area (Å²) in [6, 6.07) is 15.6. The molecule has 0 bridgehead atoms. The molecular formula is C23H25NO3. The molecule has 0 atom stereocenters. The van der Waals surface area contributed by atoms with E-state index in [1.54, 1.807) is 19.1 Å². The van der Waals surface area contributed by atoms with Crippen LogP contribution in [-0.2, 0) is 16.0 Å². The fourth-order valence-corrected chi connectivity index (χ4v) is 2.96. The van der Waals surface area contributed by atoms with Crippen LogP contribution >= 0.6 is 0 Å². The zero-order valence-electron chi connectivity index (χ0n) is 15.7. The molecule has 0 saturated carbocycles. The van der Waals surface area contributed by atoms with Crippen molar-refractivity contribution >= 4 is 5.97 Å². The molecule has 0 amide bonds. The van der Waals surface area contributed by atoms with Gasteiger partial charge in [-0.15, -0.1) is 0 Å². The van der Waals surface area contributed by atoms with E-state index in [9.17, 15) is 4.79 Å². The highest BCUT2D eigenvalue weighted by Crippen LogP contribution is 2.10. The van der Waals surface area contributed by atoms with E-state index in [0.717, 1.165) is 50.4 Å². The number of hydrogen-bond donors (Lipinski definition) is 0. The summed E-state index contributed by atoms with van der Waals surface area (Å²) in [5.41, 5.74) is 3.69. The van der Waals surface area contributed by atoms with Crippen LogP contribution in [0.4, 0.5) is 0 Å². The number of carbonyl (C=O) groups excluding carboxylic acids is 1. The number of rotatable bonds is 4. The quantitative estimate of drug-likeness (QED) is 0.616. The molecule has 1 fully saturated rings. The number of carbonyl (C=O) groups is 1. The molecule has 1 heterocycles. The molecule has 0 unspecified atom stereocenters. The molecule has 0 spiro atoms. The second-order valence-electron chi connectivity index (χ2n) is 6.49. The zero-order valence-corrected chi connectivity index (χ0v) is 15.7. The summed E-state index contributed by atoms with van der Waals surface area (Å²) in [4.78, 5) is 14.1. The molecule has 2 aromatic rings. The standard InChI is InChI=1S/C23H25NO3/c1-2-27-23(25)22-12-10-20(11-13-22)5-4-19-6-8-21(9-7-19)18-24-14-3-16-26-17-15-24/h6-13H,2-3,14-18H2,1H3. The second kappa shape index (κ2) is 9.91. The lowest BCUT2D eigenvalue weighted by Gasteiger charge is -2.18. The molecule has 140 valence electrons. The van der Waals surface area contributed by atoms with Crippen molar-refractivity contribution in [3.05, 3.63) is 70.8 Å². The number of nitrogens with zero attached hydrogens (tertiary/aromatic N) is 1. The van der Waals surface area contributed by atoms with Crippen molar-refractivity contribution in [2.24, 2.45) is 0 Å². The van der Waals surface area contributed by atoms with E-state index < -0.39 is 0 Å². The van der Waals surface area contributed by atoms with Crippen LogP contribution in [0.15, 0.2) is 48.5 Å². The molecule has 4 nitrogen and oxygen atoms in total. The summed E-state index contributed by atoms with van der Waals surface area (Å²) in [5.74, 6) is 6.01. The Kier molecular flexibility index (Phi) is 7.04. The molecule has 4 heteroatoms. The predicted molar refractivity (Wildman–Crippen MR) is 106 cm³/mol. The maximum absolute atomic E-state index is 11.7. The van der Waals surface area contributed by atoms with Crippen molar-refractivity contribution in [1.82, 2.24) is 4.90 Å². The number of benzene rings is 2. The predicted octanol–water partition coefficient (Wildman–Crippen LogP) is 3.49. The molecule has 0 N–H and O–H groups in total. The third-order valence-corrected chi connectivity index (χ3v) is 4.42. The molecule has 0 aliphatic carbocycles. The largest absolute Gasteiger partial charge is 0.462 e. The van der Waals surface area contributed by atoms with Crippen LogP contribution in [0.2, 0.25) is 0 Å². The van der Waals surface area contributed by atoms with Gasteiger partial charge in [0.2, 0.25) is 0 Å². The first-order valence-electron chi connectivity index (χ1n) is 9.43. The lowest BCUT2D eigenvalue weighted by atomic mass is 10.1. The van der Waals surface area contributed by atoms with Gasteiger partial charge in [0.15, 0.2) is 0 Å². The summed E-state index contributed by atoms with van der Waals surface area (Å²) in [7, 11) is 0. The summed E-state index contributed by atoms with van der Waals surface area (Å²) in [6.45, 7) is 6.89. The minimum atomic E-state index is -0.302. The Morgan fingerprint density at radius 3 is 2.33 bits per heavy atom. The Morgan fingerprint density at radius 2 is 1.67 bits per heavy atom. The van der Waals surface area contributed by atoms with E-state index in [2.05, 4.69) is 41.0 Å². The van der Waals surface area contributed by atoms with Crippen LogP contribution in [0.3, 0.4) is 0 Å². The van der Waals surface area contributed by atoms with Crippen molar-refractivity contribution < 1.29 is 14.3 Å². The first-order chi connectivity index (χ1) is 13.2. The fraction of sp³-hybridized carbons (Fsp3) is 0.348. The Morgan fingerprint density at radius 1 is 1.00 bits per heavy atom. The molecule has 3 rings (SSSR count). The SMILES string of the molecule is CCOC(=O)c1ccc(C#Cc2ccc(CN3CCCOCC3)cc2)cc1. The van der Waals surface area contributed by atoms with E-state index in [1.165, 1.54) is 5.56 Å². The monoisotopic (exact) mass is 363 g/mol. The zero-order chi connectivity index (χ0) is 18.9. The van der Waals surface area contributed by atoms with Gasteiger partial charge >= 0.3 is 5.97 Å². The minimum Gasteiger partial charge on any atom is -0.462 e. The first kappa shape index (κ1) is 19.2. The van der Waals surface area contributed by atoms with Crippen molar-refractivity contribution in [2.45, 2.75) is 19.9 Å². The van der Waals surface area contributed by atoms with Gasteiger partial charge in [0.25, 0.3) is 0 Å². The van der Waals surface area contributed by atoms with Gasteiger partial charge in [-0.1, -0.05) is 24.0 Å². The van der Waals surface area contributed by atoms with Gasteiger partial charge in [0.05, 0.1) is 18.8 Å². The van der Waals surface area contributed by atoms with Gasteiger partial charge in [-0.2, -0.15) is 0 Å². The molecule has 0 radical (unpaired) electrons. The molecule has 1 aliphatic rings. The fourth-order valence-electron chi connectivity index (χ4n) is 2.96. The van der Waals surface area contributed by atoms with E-state index in [0.29, 0.717) is 12.2 Å². The summed E-state index contributed by atoms with van der Waals surface area (Å²) in [5, 5.41) is 0. The van der Waals surface area contributed by atoms with Crippen molar-refractivity contribution in [3.8, 4) is 11.8 Å². The number of esters is 1. The summed E-state index contributed by atoms with van der Waals surface area (Å²) in [6.07, 6.45) is 1.10. The van der Waals surface area contributed by atoms with Gasteiger partial charge in [0, 0.05) is 37.4 Å². The normalized spacial score (nSPS) is 14.7. The van der Waals surface area contributed by atoms with Gasteiger partial charge in [-0.3, -0.25) is 4.90 Å². The summed E-state index contributed by atoms with van der Waals surface area (Å²) < 4.78 is 10.5. The number of ether oxygens (including phenoxy) is 2. The molecule has 0 aromatic heterocycles. The van der Waals surface area contributed by atoms with E-state index in [1.807, 2.05) is 12.1 Å². The van der Waals surface area contributed by atoms with Gasteiger partial charge < -0.3 is 9.47 Å². The topological polar surface area (TPSA) is 38.8 Å². The second-order valence-corrected chi connectivity index (χ2v) is 6.49. The first-order valence-corrected chi connectivity index (χ1v) is 9.43. The average molecular weight is 363 g/mol. The summed E-state index contributed by atoms with van der Waals surface area (Å²) >= 11 is 0. The van der Waals surface area contributed by atoms with Gasteiger partial charge in [-0.25, -0.2) is 4.79 Å². The maximum atomic E-state index is 11.7. The third kappa shape index (κ3) is 5.96. The van der Waals surface area contributed by atoms with Gasteiger partial charge in [0.1, 0.15) is 0 Å². The van der Waals surface area contributed by atoms with Crippen molar-refractivity contribution in [3.63, 3.8) is 0 Å². The average Bonchev–Trinajstić information content (AvgIpc) is 2.97. The lowest BCUT2D eigenvalue weighted by Crippen LogP contribution is -2.25. The Balaban J connectivity index is 1.59. The van der Waals surface area contributed by atoms with Crippen LogP contribution in [-0.4, -0.2) is 43.8 Å². The highest BCUT2D eigenvalue weighted by molar-refractivity contribution is 5.89. The Labute approximate surface area is 161 Å². The molecule has 1 saturated heterocycles. The third-order valence-electron chi connectivity index (χ3n) is 4.42. The van der Waals surface area contributed by atoms with E-state index in [4.69, 9.17) is 9.47 Å². The van der Waals surface area contributed by atoms with E-state index >= 15 is 0 Å². The number of hydrogen-bond acceptors (Lipinski definition) is 4. The maximum Gasteiger partial charge on any atom is 0.338 e. The van der Waals surface area contributed by atoms with Crippen LogP contribution in [0.1, 0.15) is 40.4 Å². The molecule has 27 heavy (non-hydrogen) atoms. The van der Waals surface area contributed by atoms with Crippen LogP contribution in [0.5, 0.6) is 0 Å². The van der Waals surface area contributed by atoms with Gasteiger partial charge in [-0.05, 0) is 55.3 Å². The van der Waals surface area contributed by atoms with Crippen LogP contribution in [0, 0.1) is 11.8 Å². The Bertz CT molecular complexity index is 792. The van der Waals surface area contributed by atoms with Crippen LogP contribution in [0.25, 0.3) is 0 Å². The molecule has 2 aromatic carbocycles. The van der Waals surface area contributed by atoms with Crippen molar-refractivity contribution in [2.75, 3.05) is 32.9 Å². The molecular weight excluding hydrogens is 338 g/mol. The minimum absolute atomic E-state index is 0.302. The van der Waals surface area contributed by atoms with Crippen LogP contribution < -0.4 is 0 Å².